The number of methoxy groups -OCH3 is 1. The van der Waals surface area contributed by atoms with Gasteiger partial charge in [-0.2, -0.15) is 0 Å². The highest BCUT2D eigenvalue weighted by Gasteiger charge is 2.43. The van der Waals surface area contributed by atoms with Crippen LogP contribution in [0.1, 0.15) is 41.4 Å². The second-order valence-electron chi connectivity index (χ2n) is 7.49. The molecule has 2 aromatic carbocycles. The van der Waals surface area contributed by atoms with Crippen molar-refractivity contribution in [2.24, 2.45) is 5.73 Å². The number of benzene rings is 2. The number of ether oxygens (including phenoxy) is 2. The number of nitrogens with two attached hydrogens (primary N) is 1. The first-order valence-electron chi connectivity index (χ1n) is 9.63. The summed E-state index contributed by atoms with van der Waals surface area (Å²) in [6, 6.07) is 17.7. The molecule has 2 N–H and O–H groups in total. The van der Waals surface area contributed by atoms with Crippen molar-refractivity contribution in [1.82, 2.24) is 0 Å². The van der Waals surface area contributed by atoms with Crippen LogP contribution < -0.4 is 5.73 Å². The highest BCUT2D eigenvalue weighted by Crippen LogP contribution is 2.47. The van der Waals surface area contributed by atoms with E-state index in [1.54, 1.807) is 0 Å². The molecule has 148 valence electrons. The number of hydrogen-bond donors (Lipinski definition) is 1. The van der Waals surface area contributed by atoms with Crippen molar-refractivity contribution in [2.45, 2.75) is 31.6 Å². The molecular formula is C24H23NO4. The standard InChI is InChI=1S/C24H23NO4/c1-14-8-10-16(11-9-14)20-21-18(26)12-17(15-6-4-3-5-7-15)13-19(21)29-23(25)22(20)24(27)28-2/h3-11,17,20H,12-13,25H2,1-2H3/t17-,20+/m0/s1. The van der Waals surface area contributed by atoms with Gasteiger partial charge in [-0.05, 0) is 24.0 Å². The molecule has 5 nitrogen and oxygen atoms in total. The number of ketones is 1. The lowest BCUT2D eigenvalue weighted by Crippen LogP contribution is -2.32. The zero-order valence-corrected chi connectivity index (χ0v) is 16.5. The van der Waals surface area contributed by atoms with Crippen LogP contribution in [-0.2, 0) is 19.1 Å². The molecule has 0 fully saturated rings. The number of hydrogen-bond acceptors (Lipinski definition) is 5. The third-order valence-electron chi connectivity index (χ3n) is 5.63. The summed E-state index contributed by atoms with van der Waals surface area (Å²) in [6.45, 7) is 1.99. The van der Waals surface area contributed by atoms with Gasteiger partial charge >= 0.3 is 5.97 Å². The van der Waals surface area contributed by atoms with Gasteiger partial charge in [0.05, 0.1) is 13.0 Å². The number of aryl methyl sites for hydroxylation is 1. The maximum atomic E-state index is 13.3. The van der Waals surface area contributed by atoms with E-state index in [2.05, 4.69) is 0 Å². The first-order valence-corrected chi connectivity index (χ1v) is 9.63. The van der Waals surface area contributed by atoms with Gasteiger partial charge in [-0.1, -0.05) is 60.2 Å². The number of carbonyl (C=O) groups excluding carboxylic acids is 2. The normalized spacial score (nSPS) is 21.5. The molecule has 1 heterocycles. The maximum Gasteiger partial charge on any atom is 0.340 e. The van der Waals surface area contributed by atoms with Crippen LogP contribution in [-0.4, -0.2) is 18.9 Å². The van der Waals surface area contributed by atoms with Crippen LogP contribution in [0.25, 0.3) is 0 Å². The van der Waals surface area contributed by atoms with Crippen LogP contribution in [0.3, 0.4) is 0 Å². The van der Waals surface area contributed by atoms with E-state index in [0.29, 0.717) is 24.2 Å². The quantitative estimate of drug-likeness (QED) is 0.807. The highest BCUT2D eigenvalue weighted by atomic mass is 16.5. The second kappa shape index (κ2) is 7.59. The van der Waals surface area contributed by atoms with Gasteiger partial charge in [0.2, 0.25) is 5.88 Å². The Morgan fingerprint density at radius 1 is 1.03 bits per heavy atom. The molecule has 0 spiro atoms. The van der Waals surface area contributed by atoms with E-state index < -0.39 is 11.9 Å². The van der Waals surface area contributed by atoms with Gasteiger partial charge in [0, 0.05) is 18.4 Å². The minimum atomic E-state index is -0.587. The Morgan fingerprint density at radius 2 is 1.72 bits per heavy atom. The number of allylic oxidation sites excluding steroid dienone is 2. The van der Waals surface area contributed by atoms with Crippen molar-refractivity contribution in [3.05, 3.63) is 94.1 Å². The van der Waals surface area contributed by atoms with Crippen LogP contribution >= 0.6 is 0 Å². The Labute approximate surface area is 169 Å². The molecule has 5 heteroatoms. The summed E-state index contributed by atoms with van der Waals surface area (Å²) in [5.74, 6) is -0.629. The fraction of sp³-hybridized carbons (Fsp3) is 0.250. The molecule has 2 aromatic rings. The predicted molar refractivity (Wildman–Crippen MR) is 109 cm³/mol. The molecule has 29 heavy (non-hydrogen) atoms. The Balaban J connectivity index is 1.81. The SMILES string of the molecule is COC(=O)C1=C(N)OC2=C(C(=O)C[C@H](c3ccccc3)C2)[C@H]1c1ccc(C)cc1. The molecular weight excluding hydrogens is 366 g/mol. The number of rotatable bonds is 3. The van der Waals surface area contributed by atoms with Crippen LogP contribution in [0.2, 0.25) is 0 Å². The van der Waals surface area contributed by atoms with Crippen LogP contribution in [0.15, 0.2) is 77.4 Å². The van der Waals surface area contributed by atoms with Gasteiger partial charge in [-0.25, -0.2) is 4.79 Å². The average molecular weight is 389 g/mol. The van der Waals surface area contributed by atoms with E-state index in [1.807, 2.05) is 61.5 Å². The van der Waals surface area contributed by atoms with Gasteiger partial charge in [0.25, 0.3) is 0 Å². The first kappa shape index (κ1) is 19.0. The van der Waals surface area contributed by atoms with Gasteiger partial charge < -0.3 is 15.2 Å². The Bertz CT molecular complexity index is 1020. The van der Waals surface area contributed by atoms with E-state index in [-0.39, 0.29) is 23.2 Å². The summed E-state index contributed by atoms with van der Waals surface area (Å²) in [5, 5.41) is 0. The molecule has 4 rings (SSSR count). The average Bonchev–Trinajstić information content (AvgIpc) is 2.73. The third-order valence-corrected chi connectivity index (χ3v) is 5.63. The molecule has 0 bridgehead atoms. The monoisotopic (exact) mass is 389 g/mol. The lowest BCUT2D eigenvalue weighted by molar-refractivity contribution is -0.136. The molecule has 1 aliphatic heterocycles. The summed E-state index contributed by atoms with van der Waals surface area (Å²) >= 11 is 0. The summed E-state index contributed by atoms with van der Waals surface area (Å²) in [4.78, 5) is 25.8. The van der Waals surface area contributed by atoms with Gasteiger partial charge in [0.1, 0.15) is 11.3 Å². The lowest BCUT2D eigenvalue weighted by Gasteiger charge is -2.35. The van der Waals surface area contributed by atoms with Gasteiger partial charge in [-0.3, -0.25) is 4.79 Å². The van der Waals surface area contributed by atoms with Crippen LogP contribution in [0.4, 0.5) is 0 Å². The lowest BCUT2D eigenvalue weighted by atomic mass is 9.73. The van der Waals surface area contributed by atoms with Crippen molar-refractivity contribution < 1.29 is 19.1 Å². The summed E-state index contributed by atoms with van der Waals surface area (Å²) in [7, 11) is 1.30. The largest absolute Gasteiger partial charge is 0.465 e. The van der Waals surface area contributed by atoms with E-state index in [4.69, 9.17) is 15.2 Å². The Morgan fingerprint density at radius 3 is 2.38 bits per heavy atom. The molecule has 0 radical (unpaired) electrons. The summed E-state index contributed by atoms with van der Waals surface area (Å²) in [5.41, 5.74) is 9.85. The fourth-order valence-electron chi connectivity index (χ4n) is 4.17. The van der Waals surface area contributed by atoms with Crippen LogP contribution in [0, 0.1) is 6.92 Å². The molecule has 0 saturated heterocycles. The number of esters is 1. The second-order valence-corrected chi connectivity index (χ2v) is 7.49. The Hall–Kier alpha value is -3.34. The van der Waals surface area contributed by atoms with Crippen molar-refractivity contribution in [3.8, 4) is 0 Å². The van der Waals surface area contributed by atoms with Crippen molar-refractivity contribution in [1.29, 1.82) is 0 Å². The zero-order chi connectivity index (χ0) is 20.5. The highest BCUT2D eigenvalue weighted by molar-refractivity contribution is 6.03. The molecule has 0 amide bonds. The number of carbonyl (C=O) groups is 2. The number of Topliss-reactive ketones (excluding diaryl/α,β-unsaturated/α-hetero) is 1. The third kappa shape index (κ3) is 3.44. The zero-order valence-electron chi connectivity index (χ0n) is 16.5. The van der Waals surface area contributed by atoms with E-state index in [0.717, 1.165) is 16.7 Å². The first-order chi connectivity index (χ1) is 14.0. The summed E-state index contributed by atoms with van der Waals surface area (Å²) in [6.07, 6.45) is 0.922. The minimum Gasteiger partial charge on any atom is -0.465 e. The van der Waals surface area contributed by atoms with E-state index in [9.17, 15) is 9.59 Å². The van der Waals surface area contributed by atoms with Crippen molar-refractivity contribution in [3.63, 3.8) is 0 Å². The molecule has 0 unspecified atom stereocenters. The van der Waals surface area contributed by atoms with E-state index >= 15 is 0 Å². The molecule has 2 aliphatic rings. The van der Waals surface area contributed by atoms with E-state index in [1.165, 1.54) is 7.11 Å². The fourth-order valence-corrected chi connectivity index (χ4v) is 4.17. The molecule has 0 aromatic heterocycles. The van der Waals surface area contributed by atoms with Gasteiger partial charge in [0.15, 0.2) is 5.78 Å². The van der Waals surface area contributed by atoms with Crippen molar-refractivity contribution in [2.75, 3.05) is 7.11 Å². The smallest absolute Gasteiger partial charge is 0.340 e. The topological polar surface area (TPSA) is 78.6 Å². The van der Waals surface area contributed by atoms with Crippen LogP contribution in [0.5, 0.6) is 0 Å². The van der Waals surface area contributed by atoms with Gasteiger partial charge in [-0.15, -0.1) is 0 Å². The molecule has 2 atom stereocenters. The predicted octanol–water partition coefficient (Wildman–Crippen LogP) is 3.85. The summed E-state index contributed by atoms with van der Waals surface area (Å²) < 4.78 is 10.8. The minimum absolute atomic E-state index is 0.00249. The maximum absolute atomic E-state index is 13.3. The molecule has 0 saturated carbocycles. The molecule has 1 aliphatic carbocycles. The van der Waals surface area contributed by atoms with Crippen molar-refractivity contribution >= 4 is 11.8 Å². The Kier molecular flexibility index (Phi) is 4.97.